The Hall–Kier alpha value is -5.82. The molecule has 294 valence electrons. The van der Waals surface area contributed by atoms with Gasteiger partial charge in [0.05, 0.1) is 55.4 Å². The van der Waals surface area contributed by atoms with Gasteiger partial charge in [0.15, 0.2) is 22.3 Å². The maximum Gasteiger partial charge on any atom is 0.280 e. The Bertz CT molecular complexity index is 2600. The number of nitrogens with two attached hydrogens (primary N) is 2. The standard InChI is InChI=1S/C33H37N13O10/c1-10-20(35)27(52)19-11(4-36-32-40-28-22(30(53)42-32)37-8-45(28)17-2-13(49)15(6-47)55-17)24-21(12(34)5-44(24)25(19)26(10)51)39-33-41-29-23(31(54)43-33)38-9-46(29)18-3-14(50)16(7-48)56-18/h8-9,12-18,21,47-50H,2-7,34-35H2,1H3,(H2,36,40,42,53)(H2,39,41,43,54)/t12-,13-,14-,15+,16+,17+,18+,21+/m0/s1. The summed E-state index contributed by atoms with van der Waals surface area (Å²) < 4.78 is 16.1. The molecule has 5 aromatic heterocycles. The molecule has 8 heterocycles. The van der Waals surface area contributed by atoms with Crippen LogP contribution in [0, 0.1) is 0 Å². The summed E-state index contributed by atoms with van der Waals surface area (Å²) in [6, 6.07) is -1.56. The van der Waals surface area contributed by atoms with Crippen LogP contribution in [0.15, 0.2) is 33.5 Å². The van der Waals surface area contributed by atoms with Crippen LogP contribution in [0.4, 0.5) is 11.9 Å². The number of hydrogen-bond acceptors (Lipinski definition) is 18. The maximum atomic E-state index is 13.8. The molecule has 0 aromatic carbocycles. The molecule has 2 saturated heterocycles. The average Bonchev–Trinajstić information content (AvgIpc) is 4.02. The number of fused-ring (bicyclic) bond motifs is 5. The van der Waals surface area contributed by atoms with Crippen LogP contribution in [0.2, 0.25) is 0 Å². The zero-order chi connectivity index (χ0) is 39.3. The zero-order valence-electron chi connectivity index (χ0n) is 29.5. The largest absolute Gasteiger partial charge is 0.395 e. The smallest absolute Gasteiger partial charge is 0.280 e. The highest BCUT2D eigenvalue weighted by molar-refractivity contribution is 6.26. The number of ether oxygens (including phenoxy) is 2. The second-order valence-electron chi connectivity index (χ2n) is 14.2. The topological polar surface area (TPSA) is 342 Å². The van der Waals surface area contributed by atoms with Gasteiger partial charge in [0, 0.05) is 48.8 Å². The van der Waals surface area contributed by atoms with Crippen molar-refractivity contribution in [3.05, 3.63) is 67.1 Å². The summed E-state index contributed by atoms with van der Waals surface area (Å²) in [6.45, 7) is 0.569. The van der Waals surface area contributed by atoms with Crippen LogP contribution in [0.3, 0.4) is 0 Å². The summed E-state index contributed by atoms with van der Waals surface area (Å²) in [4.78, 5) is 76.8. The normalized spacial score (nSPS) is 27.5. The Balaban J connectivity index is 1.09. The van der Waals surface area contributed by atoms with Gasteiger partial charge in [0.25, 0.3) is 11.1 Å². The van der Waals surface area contributed by atoms with Gasteiger partial charge in [-0.15, -0.1) is 0 Å². The molecule has 2 fully saturated rings. The van der Waals surface area contributed by atoms with Crippen LogP contribution in [0.1, 0.15) is 70.4 Å². The van der Waals surface area contributed by atoms with Crippen LogP contribution >= 0.6 is 0 Å². The SMILES string of the molecule is CC1=C(N)C(=O)c2c(CNc3nc4c(ncn4[C@H]4C[C@H](O)[C@@H](CO)O4)c(=O)[nH]3)c3n(c2C1=O)C[C@H](N)[C@H]3Nc1nc2c(ncn2[C@H]2C[C@H](O)[C@@H](CO)O2)c(=O)[nH]1. The van der Waals surface area contributed by atoms with E-state index in [-0.39, 0.29) is 82.7 Å². The van der Waals surface area contributed by atoms with Crippen molar-refractivity contribution in [2.75, 3.05) is 23.8 Å². The third-order valence-electron chi connectivity index (χ3n) is 10.9. The lowest BCUT2D eigenvalue weighted by atomic mass is 9.89. The summed E-state index contributed by atoms with van der Waals surface area (Å²) in [5.41, 5.74) is 12.6. The van der Waals surface area contributed by atoms with E-state index in [0.29, 0.717) is 11.3 Å². The fraction of sp³-hybridized carbons (Fsp3) is 0.455. The number of aliphatic hydroxyl groups is 4. The van der Waals surface area contributed by atoms with E-state index in [0.717, 1.165) is 0 Å². The number of nitrogens with one attached hydrogen (secondary N) is 4. The predicted molar refractivity (Wildman–Crippen MR) is 191 cm³/mol. The van der Waals surface area contributed by atoms with Crippen molar-refractivity contribution >= 4 is 45.8 Å². The molecule has 0 saturated carbocycles. The van der Waals surface area contributed by atoms with Gasteiger partial charge in [0.2, 0.25) is 23.5 Å². The van der Waals surface area contributed by atoms with E-state index in [4.69, 9.17) is 20.9 Å². The number of ketones is 2. The first-order chi connectivity index (χ1) is 26.9. The van der Waals surface area contributed by atoms with Crippen LogP contribution in [-0.2, 0) is 22.6 Å². The minimum Gasteiger partial charge on any atom is -0.395 e. The molecular formula is C33H37N13O10. The van der Waals surface area contributed by atoms with Gasteiger partial charge in [-0.2, -0.15) is 9.97 Å². The molecule has 0 amide bonds. The highest BCUT2D eigenvalue weighted by atomic mass is 16.5. The predicted octanol–water partition coefficient (Wildman–Crippen LogP) is -2.65. The highest BCUT2D eigenvalue weighted by Gasteiger charge is 2.44. The molecular weight excluding hydrogens is 738 g/mol. The molecule has 0 radical (unpaired) electrons. The molecule has 3 aliphatic heterocycles. The fourth-order valence-electron chi connectivity index (χ4n) is 8.04. The molecule has 12 N–H and O–H groups in total. The molecule has 9 rings (SSSR count). The number of aromatic amines is 2. The first-order valence-electron chi connectivity index (χ1n) is 17.8. The van der Waals surface area contributed by atoms with Gasteiger partial charge < -0.3 is 56.6 Å². The van der Waals surface area contributed by atoms with E-state index < -0.39 is 84.9 Å². The second-order valence-corrected chi connectivity index (χ2v) is 14.2. The quantitative estimate of drug-likeness (QED) is 0.0731. The van der Waals surface area contributed by atoms with Gasteiger partial charge in [-0.25, -0.2) is 9.97 Å². The Kier molecular flexibility index (Phi) is 8.42. The van der Waals surface area contributed by atoms with Crippen LogP contribution < -0.4 is 33.2 Å². The van der Waals surface area contributed by atoms with Crippen LogP contribution in [-0.4, -0.2) is 119 Å². The first-order valence-corrected chi connectivity index (χ1v) is 17.8. The van der Waals surface area contributed by atoms with Gasteiger partial charge in [-0.1, -0.05) is 0 Å². The second kappa shape index (κ2) is 13.1. The molecule has 56 heavy (non-hydrogen) atoms. The third-order valence-corrected chi connectivity index (χ3v) is 10.9. The fourth-order valence-corrected chi connectivity index (χ4v) is 8.04. The number of imidazole rings is 2. The van der Waals surface area contributed by atoms with Crippen molar-refractivity contribution in [2.24, 2.45) is 11.5 Å². The van der Waals surface area contributed by atoms with Crippen molar-refractivity contribution in [3.63, 3.8) is 0 Å². The Morgan fingerprint density at radius 2 is 1.43 bits per heavy atom. The number of hydrogen-bond donors (Lipinski definition) is 10. The summed E-state index contributed by atoms with van der Waals surface area (Å²) in [7, 11) is 0. The third kappa shape index (κ3) is 5.38. The van der Waals surface area contributed by atoms with Gasteiger partial charge in [-0.05, 0) is 6.92 Å². The molecule has 1 aliphatic carbocycles. The van der Waals surface area contributed by atoms with Crippen molar-refractivity contribution in [2.45, 2.75) is 81.8 Å². The van der Waals surface area contributed by atoms with Crippen molar-refractivity contribution in [3.8, 4) is 0 Å². The van der Waals surface area contributed by atoms with E-state index >= 15 is 0 Å². The minimum absolute atomic E-state index is 0.00236. The van der Waals surface area contributed by atoms with Crippen molar-refractivity contribution < 1.29 is 39.5 Å². The van der Waals surface area contributed by atoms with E-state index in [2.05, 4.69) is 40.5 Å². The molecule has 0 bridgehead atoms. The molecule has 8 atom stereocenters. The van der Waals surface area contributed by atoms with E-state index in [1.807, 2.05) is 0 Å². The lowest BCUT2D eigenvalue weighted by molar-refractivity contribution is -0.0432. The lowest BCUT2D eigenvalue weighted by Crippen LogP contribution is -2.33. The number of nitrogens with zero attached hydrogens (tertiary/aromatic N) is 7. The van der Waals surface area contributed by atoms with Crippen LogP contribution in [0.25, 0.3) is 22.3 Å². The lowest BCUT2D eigenvalue weighted by Gasteiger charge is -2.21. The Morgan fingerprint density at radius 1 is 0.875 bits per heavy atom. The summed E-state index contributed by atoms with van der Waals surface area (Å²) in [5, 5.41) is 46.0. The first kappa shape index (κ1) is 35.9. The minimum atomic E-state index is -0.950. The monoisotopic (exact) mass is 775 g/mol. The van der Waals surface area contributed by atoms with E-state index in [9.17, 15) is 39.6 Å². The Morgan fingerprint density at radius 3 is 1.98 bits per heavy atom. The summed E-state index contributed by atoms with van der Waals surface area (Å²) in [6.07, 6.45) is -2.15. The average molecular weight is 776 g/mol. The molecule has 23 nitrogen and oxygen atoms in total. The molecule has 5 aromatic rings. The summed E-state index contributed by atoms with van der Waals surface area (Å²) in [5.74, 6) is -1.09. The van der Waals surface area contributed by atoms with Gasteiger partial charge >= 0.3 is 0 Å². The number of rotatable bonds is 9. The van der Waals surface area contributed by atoms with Crippen LogP contribution in [0.5, 0.6) is 0 Å². The Labute approximate surface area is 313 Å². The highest BCUT2D eigenvalue weighted by Crippen LogP contribution is 2.41. The van der Waals surface area contributed by atoms with Gasteiger partial charge in [-0.3, -0.25) is 38.3 Å². The molecule has 23 heteroatoms. The maximum absolute atomic E-state index is 13.8. The van der Waals surface area contributed by atoms with E-state index in [1.54, 1.807) is 4.57 Å². The molecule has 4 aliphatic rings. The van der Waals surface area contributed by atoms with Crippen molar-refractivity contribution in [1.29, 1.82) is 0 Å². The number of aromatic nitrogens is 9. The number of allylic oxidation sites excluding steroid dienone is 2. The number of carbonyl (C=O) groups is 2. The number of carbonyl (C=O) groups excluding carboxylic acids is 2. The summed E-state index contributed by atoms with van der Waals surface area (Å²) >= 11 is 0. The number of Topliss-reactive ketones (excluding diaryl/α,β-unsaturated/α-hetero) is 2. The van der Waals surface area contributed by atoms with Crippen molar-refractivity contribution in [1.82, 2.24) is 43.6 Å². The van der Waals surface area contributed by atoms with Gasteiger partial charge in [0.1, 0.15) is 30.4 Å². The number of anilines is 2. The molecule has 0 spiro atoms. The zero-order valence-corrected chi connectivity index (χ0v) is 29.5. The molecule has 0 unspecified atom stereocenters. The number of aliphatic hydroxyl groups excluding tert-OH is 4. The van der Waals surface area contributed by atoms with E-state index in [1.165, 1.54) is 28.7 Å². The number of H-pyrrole nitrogens is 2.